The zero-order valence-electron chi connectivity index (χ0n) is 14.9. The molecule has 0 radical (unpaired) electrons. The van der Waals surface area contributed by atoms with E-state index in [2.05, 4.69) is 51.3 Å². The average Bonchev–Trinajstić information content (AvgIpc) is 3.31. The molecule has 0 aliphatic carbocycles. The molecule has 26 heavy (non-hydrogen) atoms. The maximum Gasteiger partial charge on any atom is 0.136 e. The molecule has 3 aromatic heterocycles. The molecule has 5 nitrogen and oxygen atoms in total. The fourth-order valence-corrected chi connectivity index (χ4v) is 3.93. The van der Waals surface area contributed by atoms with Crippen molar-refractivity contribution in [3.63, 3.8) is 0 Å². The van der Waals surface area contributed by atoms with E-state index < -0.39 is 0 Å². The monoisotopic (exact) mass is 343 g/mol. The van der Waals surface area contributed by atoms with Crippen LogP contribution in [-0.4, -0.2) is 33.3 Å². The summed E-state index contributed by atoms with van der Waals surface area (Å²) in [5.41, 5.74) is 5.26. The van der Waals surface area contributed by atoms with Gasteiger partial charge in [0.15, 0.2) is 0 Å². The Morgan fingerprint density at radius 2 is 2.00 bits per heavy atom. The Bertz CT molecular complexity index is 1090. The summed E-state index contributed by atoms with van der Waals surface area (Å²) in [6.07, 6.45) is 5.13. The third-order valence-corrected chi connectivity index (χ3v) is 5.17. The first-order valence-electron chi connectivity index (χ1n) is 9.21. The Hall–Kier alpha value is -2.95. The number of H-pyrrole nitrogens is 1. The number of anilines is 1. The summed E-state index contributed by atoms with van der Waals surface area (Å²) < 4.78 is 0. The lowest BCUT2D eigenvalue weighted by molar-refractivity contribution is 0.938. The number of aryl methyl sites for hydroxylation is 1. The lowest BCUT2D eigenvalue weighted by atomic mass is 10.0. The van der Waals surface area contributed by atoms with Crippen molar-refractivity contribution in [2.45, 2.75) is 26.2 Å². The number of fused-ring (bicyclic) bond motifs is 2. The first-order valence-corrected chi connectivity index (χ1v) is 9.21. The summed E-state index contributed by atoms with van der Waals surface area (Å²) in [5.74, 6) is 1.14. The second-order valence-electron chi connectivity index (χ2n) is 7.09. The summed E-state index contributed by atoms with van der Waals surface area (Å²) in [5, 5.41) is 10.0. The lowest BCUT2D eigenvalue weighted by Crippen LogP contribution is -2.19. The van der Waals surface area contributed by atoms with Gasteiger partial charge in [-0.1, -0.05) is 18.2 Å². The van der Waals surface area contributed by atoms with E-state index in [1.54, 1.807) is 0 Å². The van der Waals surface area contributed by atoms with E-state index in [1.165, 1.54) is 29.2 Å². The highest BCUT2D eigenvalue weighted by Crippen LogP contribution is 2.29. The van der Waals surface area contributed by atoms with Crippen molar-refractivity contribution in [3.05, 3.63) is 59.5 Å². The van der Waals surface area contributed by atoms with Crippen molar-refractivity contribution in [2.75, 3.05) is 18.0 Å². The number of hydrogen-bond donors (Lipinski definition) is 1. The zero-order valence-corrected chi connectivity index (χ0v) is 14.9. The molecule has 1 aromatic carbocycles. The Kier molecular flexibility index (Phi) is 3.59. The Labute approximate surface area is 152 Å². The van der Waals surface area contributed by atoms with Crippen LogP contribution in [0.1, 0.15) is 29.8 Å². The van der Waals surface area contributed by atoms with E-state index in [-0.39, 0.29) is 0 Å². The van der Waals surface area contributed by atoms with Gasteiger partial charge in [0.25, 0.3) is 0 Å². The Balaban J connectivity index is 1.55. The third-order valence-electron chi connectivity index (χ3n) is 5.17. The van der Waals surface area contributed by atoms with E-state index in [0.717, 1.165) is 47.7 Å². The first kappa shape index (κ1) is 15.3. The number of aromatic amines is 1. The number of hydrogen-bond acceptors (Lipinski definition) is 4. The molecule has 5 heteroatoms. The van der Waals surface area contributed by atoms with E-state index in [1.807, 2.05) is 18.3 Å². The van der Waals surface area contributed by atoms with E-state index in [9.17, 15) is 0 Å². The summed E-state index contributed by atoms with van der Waals surface area (Å²) in [4.78, 5) is 11.7. The number of nitrogens with one attached hydrogen (secondary N) is 1. The van der Waals surface area contributed by atoms with Gasteiger partial charge in [-0.2, -0.15) is 5.10 Å². The molecule has 4 aromatic rings. The zero-order chi connectivity index (χ0) is 17.5. The van der Waals surface area contributed by atoms with Crippen LogP contribution in [0.2, 0.25) is 0 Å². The lowest BCUT2D eigenvalue weighted by Gasteiger charge is -2.19. The van der Waals surface area contributed by atoms with Gasteiger partial charge < -0.3 is 4.90 Å². The van der Waals surface area contributed by atoms with Gasteiger partial charge in [0.05, 0.1) is 5.69 Å². The summed E-state index contributed by atoms with van der Waals surface area (Å²) in [6, 6.07) is 12.8. The van der Waals surface area contributed by atoms with Crippen molar-refractivity contribution in [1.29, 1.82) is 0 Å². The van der Waals surface area contributed by atoms with E-state index >= 15 is 0 Å². The minimum Gasteiger partial charge on any atom is -0.356 e. The minimum atomic E-state index is 0.796. The first-order chi connectivity index (χ1) is 12.8. The van der Waals surface area contributed by atoms with Crippen LogP contribution in [0.15, 0.2) is 42.6 Å². The third kappa shape index (κ3) is 2.60. The van der Waals surface area contributed by atoms with Crippen molar-refractivity contribution in [2.24, 2.45) is 0 Å². The van der Waals surface area contributed by atoms with Gasteiger partial charge >= 0.3 is 0 Å². The van der Waals surface area contributed by atoms with E-state index in [0.29, 0.717) is 0 Å². The molecule has 1 aliphatic heterocycles. The molecule has 1 fully saturated rings. The molecule has 0 saturated carbocycles. The van der Waals surface area contributed by atoms with Crippen molar-refractivity contribution in [3.8, 4) is 0 Å². The average molecular weight is 343 g/mol. The van der Waals surface area contributed by atoms with Crippen LogP contribution < -0.4 is 4.90 Å². The van der Waals surface area contributed by atoms with Crippen LogP contribution in [-0.2, 0) is 6.42 Å². The van der Waals surface area contributed by atoms with Gasteiger partial charge in [-0.3, -0.25) is 10.1 Å². The van der Waals surface area contributed by atoms with Gasteiger partial charge in [-0.05, 0) is 48.9 Å². The second kappa shape index (κ2) is 6.09. The van der Waals surface area contributed by atoms with E-state index in [4.69, 9.17) is 4.98 Å². The molecule has 1 N–H and O–H groups in total. The second-order valence-corrected chi connectivity index (χ2v) is 7.09. The van der Waals surface area contributed by atoms with Crippen molar-refractivity contribution in [1.82, 2.24) is 20.2 Å². The maximum absolute atomic E-state index is 4.83. The predicted molar refractivity (Wildman–Crippen MR) is 105 cm³/mol. The highest BCUT2D eigenvalue weighted by molar-refractivity contribution is 5.93. The SMILES string of the molecule is Cc1cc2cc(Cc3[nH]nc4cccnc34)ccc2c(N2CCCC2)n1. The molecule has 4 heterocycles. The molecule has 0 spiro atoms. The highest BCUT2D eigenvalue weighted by Gasteiger charge is 2.17. The molecule has 130 valence electrons. The summed E-state index contributed by atoms with van der Waals surface area (Å²) in [7, 11) is 0. The highest BCUT2D eigenvalue weighted by atomic mass is 15.2. The number of rotatable bonds is 3. The van der Waals surface area contributed by atoms with Gasteiger partial charge in [0, 0.05) is 36.8 Å². The normalized spacial score (nSPS) is 14.6. The molecular weight excluding hydrogens is 322 g/mol. The van der Waals surface area contributed by atoms with Gasteiger partial charge in [-0.25, -0.2) is 4.98 Å². The fourth-order valence-electron chi connectivity index (χ4n) is 3.93. The van der Waals surface area contributed by atoms with Crippen LogP contribution >= 0.6 is 0 Å². The summed E-state index contributed by atoms with van der Waals surface area (Å²) in [6.45, 7) is 4.30. The molecule has 0 atom stereocenters. The molecule has 5 rings (SSSR count). The fraction of sp³-hybridized carbons (Fsp3) is 0.286. The molecule has 0 amide bonds. The number of aromatic nitrogens is 4. The quantitative estimate of drug-likeness (QED) is 0.611. The molecular formula is C21H21N5. The Morgan fingerprint density at radius 1 is 1.12 bits per heavy atom. The molecule has 0 unspecified atom stereocenters. The van der Waals surface area contributed by atoms with Crippen molar-refractivity contribution >= 4 is 27.6 Å². The van der Waals surface area contributed by atoms with Crippen LogP contribution in [0.4, 0.5) is 5.82 Å². The van der Waals surface area contributed by atoms with Crippen LogP contribution in [0.5, 0.6) is 0 Å². The van der Waals surface area contributed by atoms with Gasteiger partial charge in [-0.15, -0.1) is 0 Å². The van der Waals surface area contributed by atoms with Gasteiger partial charge in [0.2, 0.25) is 0 Å². The largest absolute Gasteiger partial charge is 0.356 e. The molecule has 0 bridgehead atoms. The standard InChI is InChI=1S/C21H21N5/c1-14-11-16-12-15(13-19-20-18(24-25-19)5-4-8-22-20)6-7-17(16)21(23-14)26-9-2-3-10-26/h4-8,11-12H,2-3,9-10,13H2,1H3,(H,24,25). The smallest absolute Gasteiger partial charge is 0.136 e. The van der Waals surface area contributed by atoms with Gasteiger partial charge in [0.1, 0.15) is 16.9 Å². The topological polar surface area (TPSA) is 57.7 Å². The van der Waals surface area contributed by atoms with Crippen LogP contribution in [0, 0.1) is 6.92 Å². The number of pyridine rings is 2. The minimum absolute atomic E-state index is 0.796. The van der Waals surface area contributed by atoms with Crippen molar-refractivity contribution < 1.29 is 0 Å². The number of nitrogens with zero attached hydrogens (tertiary/aromatic N) is 4. The number of benzene rings is 1. The predicted octanol–water partition coefficient (Wildman–Crippen LogP) is 4.01. The van der Waals surface area contributed by atoms with Crippen LogP contribution in [0.3, 0.4) is 0 Å². The summed E-state index contributed by atoms with van der Waals surface area (Å²) >= 11 is 0. The molecule has 1 aliphatic rings. The van der Waals surface area contributed by atoms with Crippen LogP contribution in [0.25, 0.3) is 21.8 Å². The molecule has 1 saturated heterocycles. The Morgan fingerprint density at radius 3 is 2.88 bits per heavy atom. The maximum atomic E-state index is 4.83.